The summed E-state index contributed by atoms with van der Waals surface area (Å²) in [6.45, 7) is 5.37. The second-order valence-electron chi connectivity index (χ2n) is 6.74. The lowest BCUT2D eigenvalue weighted by Gasteiger charge is -2.34. The second-order valence-corrected chi connectivity index (χ2v) is 7.61. The Kier molecular flexibility index (Phi) is 6.72. The fourth-order valence-electron chi connectivity index (χ4n) is 2.96. The first-order chi connectivity index (χ1) is 11.4. The smallest absolute Gasteiger partial charge is 0.253 e. The molecule has 5 heteroatoms. The minimum Gasteiger partial charge on any atom is -0.343 e. The summed E-state index contributed by atoms with van der Waals surface area (Å²) in [6.07, 6.45) is 3.58. The molecule has 2 amide bonds. The molecule has 1 aromatic rings. The van der Waals surface area contributed by atoms with E-state index in [1.54, 1.807) is 11.8 Å². The van der Waals surface area contributed by atoms with Crippen LogP contribution in [-0.4, -0.2) is 54.0 Å². The van der Waals surface area contributed by atoms with Gasteiger partial charge in [-0.15, -0.1) is 0 Å². The first-order valence-corrected chi connectivity index (χ1v) is 9.97. The van der Waals surface area contributed by atoms with Crippen LogP contribution in [0.1, 0.15) is 42.6 Å². The van der Waals surface area contributed by atoms with Crippen LogP contribution in [0.25, 0.3) is 0 Å². The topological polar surface area (TPSA) is 40.6 Å². The highest BCUT2D eigenvalue weighted by Gasteiger charge is 2.30. The van der Waals surface area contributed by atoms with Crippen molar-refractivity contribution in [1.82, 2.24) is 9.80 Å². The van der Waals surface area contributed by atoms with Gasteiger partial charge in [-0.25, -0.2) is 0 Å². The largest absolute Gasteiger partial charge is 0.343 e. The van der Waals surface area contributed by atoms with Gasteiger partial charge >= 0.3 is 0 Å². The summed E-state index contributed by atoms with van der Waals surface area (Å²) in [6, 6.07) is 8.10. The Hall–Kier alpha value is -1.49. The van der Waals surface area contributed by atoms with Crippen LogP contribution in [0.15, 0.2) is 24.3 Å². The molecule has 0 spiro atoms. The molecule has 0 aromatic heterocycles. The lowest BCUT2D eigenvalue weighted by atomic mass is 9.94. The first-order valence-electron chi connectivity index (χ1n) is 8.58. The normalized spacial score (nSPS) is 15.6. The lowest BCUT2D eigenvalue weighted by molar-refractivity contribution is -0.137. The van der Waals surface area contributed by atoms with Crippen LogP contribution in [0, 0.1) is 5.92 Å². The van der Waals surface area contributed by atoms with Crippen LogP contribution < -0.4 is 0 Å². The van der Waals surface area contributed by atoms with Crippen molar-refractivity contribution in [3.63, 3.8) is 0 Å². The maximum absolute atomic E-state index is 12.6. The standard InChI is InChI=1S/C19H28N2O2S/c1-14(2)20(3)18(22)17-9-11-21(12-10-17)19(23)16-7-5-15(6-8-16)13-24-4/h5-8,14,17H,9-13H2,1-4H3. The SMILES string of the molecule is CSCc1ccc(C(=O)N2CCC(C(=O)N(C)C(C)C)CC2)cc1. The van der Waals surface area contributed by atoms with Gasteiger partial charge in [0.2, 0.25) is 5.91 Å². The first kappa shape index (κ1) is 18.8. The Morgan fingerprint density at radius 1 is 1.21 bits per heavy atom. The molecule has 0 N–H and O–H groups in total. The van der Waals surface area contributed by atoms with Gasteiger partial charge in [-0.3, -0.25) is 9.59 Å². The Morgan fingerprint density at radius 3 is 2.29 bits per heavy atom. The predicted molar refractivity (Wildman–Crippen MR) is 100 cm³/mol. The van der Waals surface area contributed by atoms with Gasteiger partial charge in [0.15, 0.2) is 0 Å². The van der Waals surface area contributed by atoms with Gasteiger partial charge in [-0.1, -0.05) is 12.1 Å². The molecule has 0 radical (unpaired) electrons. The Morgan fingerprint density at radius 2 is 1.79 bits per heavy atom. The molecule has 24 heavy (non-hydrogen) atoms. The molecule has 1 fully saturated rings. The number of benzene rings is 1. The summed E-state index contributed by atoms with van der Waals surface area (Å²) < 4.78 is 0. The van der Waals surface area contributed by atoms with Gasteiger partial charge in [0.25, 0.3) is 5.91 Å². The maximum atomic E-state index is 12.6. The van der Waals surface area contributed by atoms with E-state index in [2.05, 4.69) is 6.26 Å². The van der Waals surface area contributed by atoms with Crippen LogP contribution >= 0.6 is 11.8 Å². The summed E-state index contributed by atoms with van der Waals surface area (Å²) >= 11 is 1.77. The number of carbonyl (C=O) groups excluding carboxylic acids is 2. The molecule has 0 atom stereocenters. The zero-order valence-electron chi connectivity index (χ0n) is 15.1. The number of carbonyl (C=O) groups is 2. The molecule has 0 bridgehead atoms. The molecule has 1 aromatic carbocycles. The Bertz CT molecular complexity index is 563. The third-order valence-electron chi connectivity index (χ3n) is 4.77. The highest BCUT2D eigenvalue weighted by atomic mass is 32.2. The van der Waals surface area contributed by atoms with Crippen molar-refractivity contribution in [2.24, 2.45) is 5.92 Å². The fourth-order valence-corrected chi connectivity index (χ4v) is 3.49. The highest BCUT2D eigenvalue weighted by Crippen LogP contribution is 2.22. The molecule has 1 saturated heterocycles. The molecule has 4 nitrogen and oxygen atoms in total. The van der Waals surface area contributed by atoms with E-state index >= 15 is 0 Å². The highest BCUT2D eigenvalue weighted by molar-refractivity contribution is 7.97. The van der Waals surface area contributed by atoms with E-state index in [4.69, 9.17) is 0 Å². The quantitative estimate of drug-likeness (QED) is 0.820. The third-order valence-corrected chi connectivity index (χ3v) is 5.39. The van der Waals surface area contributed by atoms with Crippen molar-refractivity contribution >= 4 is 23.6 Å². The zero-order valence-corrected chi connectivity index (χ0v) is 15.9. The molecule has 1 aliphatic rings. The number of hydrogen-bond acceptors (Lipinski definition) is 3. The molecule has 1 aliphatic heterocycles. The third kappa shape index (κ3) is 4.53. The summed E-state index contributed by atoms with van der Waals surface area (Å²) in [5.74, 6) is 1.29. The molecule has 0 aliphatic carbocycles. The van der Waals surface area contributed by atoms with Gasteiger partial charge in [0, 0.05) is 43.4 Å². The predicted octanol–water partition coefficient (Wildman–Crippen LogP) is 3.27. The van der Waals surface area contributed by atoms with Gasteiger partial charge in [-0.2, -0.15) is 11.8 Å². The number of likely N-dealkylation sites (tertiary alicyclic amines) is 1. The van der Waals surface area contributed by atoms with Crippen molar-refractivity contribution in [2.45, 2.75) is 38.5 Å². The summed E-state index contributed by atoms with van der Waals surface area (Å²) in [4.78, 5) is 28.7. The molecule has 1 heterocycles. The van der Waals surface area contributed by atoms with Crippen molar-refractivity contribution in [3.8, 4) is 0 Å². The summed E-state index contributed by atoms with van der Waals surface area (Å²) in [5.41, 5.74) is 1.98. The van der Waals surface area contributed by atoms with Gasteiger partial charge in [-0.05, 0) is 50.6 Å². The van der Waals surface area contributed by atoms with Crippen molar-refractivity contribution in [2.75, 3.05) is 26.4 Å². The monoisotopic (exact) mass is 348 g/mol. The summed E-state index contributed by atoms with van der Waals surface area (Å²) in [5, 5.41) is 0. The zero-order chi connectivity index (χ0) is 17.7. The lowest BCUT2D eigenvalue weighted by Crippen LogP contribution is -2.45. The van der Waals surface area contributed by atoms with Crippen LogP contribution in [0.4, 0.5) is 0 Å². The number of hydrogen-bond donors (Lipinski definition) is 0. The molecular formula is C19H28N2O2S. The van der Waals surface area contributed by atoms with Crippen LogP contribution in [0.3, 0.4) is 0 Å². The minimum atomic E-state index is 0.0467. The van der Waals surface area contributed by atoms with E-state index < -0.39 is 0 Å². The van der Waals surface area contributed by atoms with Crippen LogP contribution in [0.2, 0.25) is 0 Å². The van der Waals surface area contributed by atoms with Crippen LogP contribution in [-0.2, 0) is 10.5 Å². The van der Waals surface area contributed by atoms with Gasteiger partial charge < -0.3 is 9.80 Å². The molecule has 2 rings (SSSR count). The molecule has 132 valence electrons. The van der Waals surface area contributed by atoms with Crippen molar-refractivity contribution < 1.29 is 9.59 Å². The Labute approximate surface area is 149 Å². The van der Waals surface area contributed by atoms with Crippen molar-refractivity contribution in [3.05, 3.63) is 35.4 Å². The number of piperidine rings is 1. The fraction of sp³-hybridized carbons (Fsp3) is 0.579. The van der Waals surface area contributed by atoms with E-state index in [0.717, 1.165) is 24.2 Å². The van der Waals surface area contributed by atoms with Gasteiger partial charge in [0.05, 0.1) is 0 Å². The van der Waals surface area contributed by atoms with E-state index in [1.165, 1.54) is 5.56 Å². The molecule has 0 saturated carbocycles. The van der Waals surface area contributed by atoms with E-state index in [1.807, 2.05) is 55.0 Å². The van der Waals surface area contributed by atoms with E-state index in [-0.39, 0.29) is 23.8 Å². The average molecular weight is 349 g/mol. The minimum absolute atomic E-state index is 0.0467. The molecular weight excluding hydrogens is 320 g/mol. The number of amides is 2. The second kappa shape index (κ2) is 8.56. The number of thioether (sulfide) groups is 1. The van der Waals surface area contributed by atoms with E-state index in [9.17, 15) is 9.59 Å². The number of rotatable bonds is 5. The van der Waals surface area contributed by atoms with Crippen LogP contribution in [0.5, 0.6) is 0 Å². The van der Waals surface area contributed by atoms with Gasteiger partial charge in [0.1, 0.15) is 0 Å². The Balaban J connectivity index is 1.91. The van der Waals surface area contributed by atoms with Crippen molar-refractivity contribution in [1.29, 1.82) is 0 Å². The number of nitrogens with zero attached hydrogens (tertiary/aromatic N) is 2. The average Bonchev–Trinajstić information content (AvgIpc) is 2.61. The molecule has 0 unspecified atom stereocenters. The summed E-state index contributed by atoms with van der Waals surface area (Å²) in [7, 11) is 1.86. The van der Waals surface area contributed by atoms with E-state index in [0.29, 0.717) is 13.1 Å². The maximum Gasteiger partial charge on any atom is 0.253 e.